The number of hydrogen-bond acceptors (Lipinski definition) is 4. The Morgan fingerprint density at radius 2 is 1.87 bits per heavy atom. The lowest BCUT2D eigenvalue weighted by Gasteiger charge is -2.16. The number of sulfonamides is 1. The molecule has 4 N–H and O–H groups in total. The average Bonchev–Trinajstić information content (AvgIpc) is 2.72. The Balaban J connectivity index is 1.95. The minimum atomic E-state index is -3.73. The summed E-state index contributed by atoms with van der Waals surface area (Å²) in [6, 6.07) is 12.7. The summed E-state index contributed by atoms with van der Waals surface area (Å²) in [5.41, 5.74) is 2.99. The van der Waals surface area contributed by atoms with Crippen molar-refractivity contribution in [2.45, 2.75) is 51.6 Å². The molecule has 0 bridgehead atoms. The zero-order valence-electron chi connectivity index (χ0n) is 18.8. The number of rotatable bonds is 10. The van der Waals surface area contributed by atoms with Gasteiger partial charge in [-0.05, 0) is 55.0 Å². The van der Waals surface area contributed by atoms with Gasteiger partial charge in [0, 0.05) is 25.7 Å². The van der Waals surface area contributed by atoms with Crippen LogP contribution in [0.4, 0.5) is 0 Å². The van der Waals surface area contributed by atoms with E-state index >= 15 is 0 Å². The molecule has 0 saturated heterocycles. The van der Waals surface area contributed by atoms with Crippen LogP contribution >= 0.6 is 0 Å². The van der Waals surface area contributed by atoms with Gasteiger partial charge in [0.2, 0.25) is 10.0 Å². The van der Waals surface area contributed by atoms with Gasteiger partial charge in [-0.15, -0.1) is 0 Å². The van der Waals surface area contributed by atoms with Crippen LogP contribution in [0.15, 0.2) is 52.4 Å². The third-order valence-corrected chi connectivity index (χ3v) is 5.67. The van der Waals surface area contributed by atoms with Gasteiger partial charge < -0.3 is 15.4 Å². The number of nitrogens with one attached hydrogen (secondary N) is 2. The molecule has 0 radical (unpaired) electrons. The molecule has 2 aromatic rings. The number of ether oxygens (including phenoxy) is 1. The second-order valence-corrected chi connectivity index (χ2v) is 9.53. The summed E-state index contributed by atoms with van der Waals surface area (Å²) in [5, 5.41) is 11.7. The van der Waals surface area contributed by atoms with Crippen molar-refractivity contribution in [1.82, 2.24) is 10.6 Å². The number of aryl methyl sites for hydroxylation is 1. The molecule has 0 amide bonds. The third kappa shape index (κ3) is 8.59. The van der Waals surface area contributed by atoms with Crippen LogP contribution in [0.5, 0.6) is 5.75 Å². The second-order valence-electron chi connectivity index (χ2n) is 7.97. The molecule has 0 heterocycles. The van der Waals surface area contributed by atoms with Crippen LogP contribution in [0.2, 0.25) is 0 Å². The van der Waals surface area contributed by atoms with Gasteiger partial charge in [-0.1, -0.05) is 38.1 Å². The van der Waals surface area contributed by atoms with Crippen LogP contribution in [0, 0.1) is 12.8 Å². The van der Waals surface area contributed by atoms with Crippen LogP contribution in [0.25, 0.3) is 0 Å². The highest BCUT2D eigenvalue weighted by Gasteiger charge is 2.09. The quantitative estimate of drug-likeness (QED) is 0.295. The molecule has 0 fully saturated rings. The largest absolute Gasteiger partial charge is 0.493 e. The maximum Gasteiger partial charge on any atom is 0.238 e. The summed E-state index contributed by atoms with van der Waals surface area (Å²) in [6.45, 7) is 8.14. The zero-order chi connectivity index (χ0) is 22.9. The topological polar surface area (TPSA) is 106 Å². The van der Waals surface area contributed by atoms with Gasteiger partial charge in [-0.25, -0.2) is 13.6 Å². The number of guanidine groups is 1. The molecule has 0 saturated carbocycles. The smallest absolute Gasteiger partial charge is 0.238 e. The Morgan fingerprint density at radius 3 is 2.55 bits per heavy atom. The van der Waals surface area contributed by atoms with E-state index in [-0.39, 0.29) is 4.90 Å². The van der Waals surface area contributed by atoms with Gasteiger partial charge in [0.05, 0.1) is 11.5 Å². The van der Waals surface area contributed by atoms with E-state index in [0.717, 1.165) is 35.3 Å². The van der Waals surface area contributed by atoms with Gasteiger partial charge in [-0.3, -0.25) is 4.99 Å². The highest BCUT2D eigenvalue weighted by atomic mass is 32.2. The maximum atomic E-state index is 11.5. The monoisotopic (exact) mass is 446 g/mol. The van der Waals surface area contributed by atoms with Crippen LogP contribution in [0.3, 0.4) is 0 Å². The van der Waals surface area contributed by atoms with Crippen molar-refractivity contribution >= 4 is 16.0 Å². The van der Waals surface area contributed by atoms with Gasteiger partial charge in [0.25, 0.3) is 0 Å². The number of hydrogen-bond donors (Lipinski definition) is 3. The fraction of sp³-hybridized carbons (Fsp3) is 0.435. The average molecular weight is 447 g/mol. The highest BCUT2D eigenvalue weighted by Crippen LogP contribution is 2.21. The number of benzene rings is 2. The predicted molar refractivity (Wildman–Crippen MR) is 126 cm³/mol. The van der Waals surface area contributed by atoms with E-state index in [1.807, 2.05) is 13.0 Å². The minimum Gasteiger partial charge on any atom is -0.493 e. The fourth-order valence-electron chi connectivity index (χ4n) is 3.03. The predicted octanol–water partition coefficient (Wildman–Crippen LogP) is 3.32. The molecule has 170 valence electrons. The van der Waals surface area contributed by atoms with Crippen LogP contribution in [-0.4, -0.2) is 28.0 Å². The molecule has 0 aliphatic carbocycles. The van der Waals surface area contributed by atoms with Crippen molar-refractivity contribution in [3.05, 3.63) is 59.2 Å². The van der Waals surface area contributed by atoms with Crippen molar-refractivity contribution in [2.75, 3.05) is 13.7 Å². The molecular weight excluding hydrogens is 412 g/mol. The maximum absolute atomic E-state index is 11.5. The normalized spacial score (nSPS) is 12.1. The lowest BCUT2D eigenvalue weighted by Crippen LogP contribution is -2.36. The minimum absolute atomic E-state index is 0.0914. The zero-order valence-corrected chi connectivity index (χ0v) is 19.6. The Hall–Kier alpha value is -2.58. The molecule has 2 rings (SSSR count). The number of nitrogens with two attached hydrogens (primary N) is 1. The van der Waals surface area contributed by atoms with Crippen LogP contribution in [-0.2, 0) is 23.1 Å². The number of aliphatic imine (C=N–C) groups is 1. The van der Waals surface area contributed by atoms with E-state index in [9.17, 15) is 8.42 Å². The Morgan fingerprint density at radius 1 is 1.13 bits per heavy atom. The molecule has 0 aliphatic heterocycles. The van der Waals surface area contributed by atoms with Crippen LogP contribution < -0.4 is 20.5 Å². The highest BCUT2D eigenvalue weighted by molar-refractivity contribution is 7.89. The van der Waals surface area contributed by atoms with E-state index in [0.29, 0.717) is 31.6 Å². The summed E-state index contributed by atoms with van der Waals surface area (Å²) in [5.74, 6) is 2.15. The summed E-state index contributed by atoms with van der Waals surface area (Å²) in [6.07, 6.45) is 2.17. The molecule has 0 unspecified atom stereocenters. The molecule has 31 heavy (non-hydrogen) atoms. The molecule has 2 aromatic carbocycles. The first-order chi connectivity index (χ1) is 14.7. The van der Waals surface area contributed by atoms with Crippen molar-refractivity contribution in [3.63, 3.8) is 0 Å². The molecular formula is C23H34N4O3S. The lowest BCUT2D eigenvalue weighted by atomic mass is 10.1. The third-order valence-electron chi connectivity index (χ3n) is 4.76. The molecule has 0 aliphatic rings. The summed E-state index contributed by atoms with van der Waals surface area (Å²) < 4.78 is 29.1. The first-order valence-electron chi connectivity index (χ1n) is 10.5. The lowest BCUT2D eigenvalue weighted by molar-refractivity contribution is 0.294. The van der Waals surface area contributed by atoms with Gasteiger partial charge in [-0.2, -0.15) is 0 Å². The fourth-order valence-corrected chi connectivity index (χ4v) is 3.62. The Labute approximate surface area is 186 Å². The first kappa shape index (κ1) is 24.7. The summed E-state index contributed by atoms with van der Waals surface area (Å²) in [7, 11) is -2.04. The number of primary sulfonamides is 1. The molecule has 7 nitrogen and oxygen atoms in total. The van der Waals surface area contributed by atoms with Gasteiger partial charge >= 0.3 is 0 Å². The summed E-state index contributed by atoms with van der Waals surface area (Å²) in [4.78, 5) is 4.33. The van der Waals surface area contributed by atoms with Crippen molar-refractivity contribution in [2.24, 2.45) is 16.0 Å². The molecule has 8 heteroatoms. The summed E-state index contributed by atoms with van der Waals surface area (Å²) >= 11 is 0. The van der Waals surface area contributed by atoms with Crippen molar-refractivity contribution in [1.29, 1.82) is 0 Å². The Kier molecular flexibility index (Phi) is 9.33. The molecule has 0 aromatic heterocycles. The van der Waals surface area contributed by atoms with E-state index in [1.54, 1.807) is 19.2 Å². The molecule has 0 spiro atoms. The van der Waals surface area contributed by atoms with E-state index in [1.165, 1.54) is 6.07 Å². The van der Waals surface area contributed by atoms with Gasteiger partial charge in [0.15, 0.2) is 5.96 Å². The van der Waals surface area contributed by atoms with Crippen molar-refractivity contribution < 1.29 is 13.2 Å². The first-order valence-corrected chi connectivity index (χ1v) is 12.0. The molecule has 0 atom stereocenters. The SMILES string of the molecule is CN=C(NCc1cccc(S(N)(=O)=O)c1)NCc1ccc(C)cc1OCCCC(C)C. The van der Waals surface area contributed by atoms with Gasteiger partial charge in [0.1, 0.15) is 5.75 Å². The Bertz CT molecular complexity index is 988. The standard InChI is InChI=1S/C23H34N4O3S/c1-17(2)7-6-12-30-22-13-18(3)10-11-20(22)16-27-23(25-4)26-15-19-8-5-9-21(14-19)31(24,28)29/h5,8-11,13-14,17H,6-7,12,15-16H2,1-4H3,(H2,24,28,29)(H2,25,26,27). The second kappa shape index (κ2) is 11.7. The number of nitrogens with zero attached hydrogens (tertiary/aromatic N) is 1. The van der Waals surface area contributed by atoms with Crippen LogP contribution in [0.1, 0.15) is 43.4 Å². The van der Waals surface area contributed by atoms with E-state index in [4.69, 9.17) is 9.88 Å². The van der Waals surface area contributed by atoms with E-state index in [2.05, 4.69) is 47.7 Å². The van der Waals surface area contributed by atoms with E-state index < -0.39 is 10.0 Å². The van der Waals surface area contributed by atoms with Crippen molar-refractivity contribution in [3.8, 4) is 5.75 Å².